The Balaban J connectivity index is 1.80. The number of rotatable bonds is 7. The van der Waals surface area contributed by atoms with E-state index in [9.17, 15) is 4.79 Å². The first kappa shape index (κ1) is 16.4. The lowest BCUT2D eigenvalue weighted by molar-refractivity contribution is 0.144. The van der Waals surface area contributed by atoms with Crippen LogP contribution in [0.4, 0.5) is 16.3 Å². The van der Waals surface area contributed by atoms with Gasteiger partial charge < -0.3 is 25.8 Å². The van der Waals surface area contributed by atoms with E-state index in [1.807, 2.05) is 0 Å². The first-order valence-corrected chi connectivity index (χ1v) is 6.86. The van der Waals surface area contributed by atoms with Gasteiger partial charge in [-0.3, -0.25) is 0 Å². The summed E-state index contributed by atoms with van der Waals surface area (Å²) in [4.78, 5) is 23.6. The highest BCUT2D eigenvalue weighted by Gasteiger charge is 2.05. The number of nitrogen functional groups attached to an aromatic ring is 1. The van der Waals surface area contributed by atoms with Crippen molar-refractivity contribution in [1.82, 2.24) is 20.3 Å². The van der Waals surface area contributed by atoms with Crippen molar-refractivity contribution < 1.29 is 14.3 Å². The number of pyridine rings is 1. The van der Waals surface area contributed by atoms with E-state index in [4.69, 9.17) is 15.2 Å². The summed E-state index contributed by atoms with van der Waals surface area (Å²) in [6, 6.07) is 2.96. The third-order valence-electron chi connectivity index (χ3n) is 2.79. The van der Waals surface area contributed by atoms with Crippen LogP contribution in [0, 0.1) is 0 Å². The summed E-state index contributed by atoms with van der Waals surface area (Å²) in [5, 5.41) is 5.31. The van der Waals surface area contributed by atoms with Gasteiger partial charge in [0.1, 0.15) is 18.8 Å². The molecule has 23 heavy (non-hydrogen) atoms. The SMILES string of the molecule is COCCOc1ccc(NC(=O)NCc2cncnc2N)cn1. The van der Waals surface area contributed by atoms with Gasteiger partial charge in [-0.2, -0.15) is 0 Å². The summed E-state index contributed by atoms with van der Waals surface area (Å²) in [6.45, 7) is 1.12. The fraction of sp³-hybridized carbons (Fsp3) is 0.286. The smallest absolute Gasteiger partial charge is 0.319 e. The van der Waals surface area contributed by atoms with Crippen LogP contribution in [0.2, 0.25) is 0 Å². The second-order valence-corrected chi connectivity index (χ2v) is 4.47. The number of aromatic nitrogens is 3. The van der Waals surface area contributed by atoms with Gasteiger partial charge >= 0.3 is 6.03 Å². The van der Waals surface area contributed by atoms with E-state index in [-0.39, 0.29) is 12.6 Å². The van der Waals surface area contributed by atoms with E-state index in [2.05, 4.69) is 25.6 Å². The Morgan fingerprint density at radius 2 is 2.13 bits per heavy atom. The molecule has 2 aromatic heterocycles. The average molecular weight is 318 g/mol. The summed E-state index contributed by atoms with van der Waals surface area (Å²) in [6.07, 6.45) is 4.40. The van der Waals surface area contributed by atoms with Crippen molar-refractivity contribution in [1.29, 1.82) is 0 Å². The highest BCUT2D eigenvalue weighted by Crippen LogP contribution is 2.11. The van der Waals surface area contributed by atoms with Crippen molar-refractivity contribution in [3.8, 4) is 5.88 Å². The molecule has 0 saturated carbocycles. The molecule has 0 atom stereocenters. The molecule has 0 aliphatic heterocycles. The Morgan fingerprint density at radius 1 is 1.26 bits per heavy atom. The number of carbonyl (C=O) groups excluding carboxylic acids is 1. The molecule has 0 aliphatic carbocycles. The predicted molar refractivity (Wildman–Crippen MR) is 83.9 cm³/mol. The summed E-state index contributed by atoms with van der Waals surface area (Å²) in [5.74, 6) is 0.793. The molecule has 122 valence electrons. The number of amides is 2. The second-order valence-electron chi connectivity index (χ2n) is 4.47. The van der Waals surface area contributed by atoms with Crippen molar-refractivity contribution in [2.24, 2.45) is 0 Å². The number of hydrogen-bond acceptors (Lipinski definition) is 7. The number of urea groups is 1. The molecule has 0 saturated heterocycles. The minimum absolute atomic E-state index is 0.226. The predicted octanol–water partition coefficient (Wildman–Crippen LogP) is 0.801. The third-order valence-corrected chi connectivity index (χ3v) is 2.79. The molecule has 9 heteroatoms. The van der Waals surface area contributed by atoms with Crippen molar-refractivity contribution in [2.75, 3.05) is 31.4 Å². The molecule has 2 amide bonds. The van der Waals surface area contributed by atoms with Crippen LogP contribution >= 0.6 is 0 Å². The van der Waals surface area contributed by atoms with Gasteiger partial charge in [-0.15, -0.1) is 0 Å². The van der Waals surface area contributed by atoms with Crippen LogP contribution in [-0.2, 0) is 11.3 Å². The maximum Gasteiger partial charge on any atom is 0.319 e. The number of hydrogen-bond donors (Lipinski definition) is 3. The summed E-state index contributed by atoms with van der Waals surface area (Å²) in [5.41, 5.74) is 6.85. The fourth-order valence-electron chi connectivity index (χ4n) is 1.62. The molecular formula is C14H18N6O3. The molecule has 0 bridgehead atoms. The van der Waals surface area contributed by atoms with Crippen LogP contribution in [0.5, 0.6) is 5.88 Å². The molecule has 9 nitrogen and oxygen atoms in total. The lowest BCUT2D eigenvalue weighted by Gasteiger charge is -2.09. The number of nitrogens with two attached hydrogens (primary N) is 1. The van der Waals surface area contributed by atoms with Gasteiger partial charge in [0, 0.05) is 31.5 Å². The number of carbonyl (C=O) groups is 1. The Labute approximate surface area is 133 Å². The molecule has 0 aromatic carbocycles. The van der Waals surface area contributed by atoms with Crippen LogP contribution < -0.4 is 21.1 Å². The molecule has 0 fully saturated rings. The van der Waals surface area contributed by atoms with Crippen LogP contribution in [0.25, 0.3) is 0 Å². The van der Waals surface area contributed by atoms with Crippen molar-refractivity contribution >= 4 is 17.5 Å². The normalized spacial score (nSPS) is 10.1. The number of methoxy groups -OCH3 is 1. The Morgan fingerprint density at radius 3 is 2.83 bits per heavy atom. The highest BCUT2D eigenvalue weighted by atomic mass is 16.5. The fourth-order valence-corrected chi connectivity index (χ4v) is 1.62. The standard InChI is InChI=1S/C14H18N6O3/c1-22-4-5-23-12-3-2-11(8-17-12)20-14(21)18-7-10-6-16-9-19-13(10)15/h2-3,6,8-9H,4-5,7H2,1H3,(H2,15,16,19)(H2,18,20,21). The van der Waals surface area contributed by atoms with Gasteiger partial charge in [-0.05, 0) is 6.07 Å². The first-order chi connectivity index (χ1) is 11.2. The van der Waals surface area contributed by atoms with E-state index in [0.717, 1.165) is 0 Å². The van der Waals surface area contributed by atoms with Gasteiger partial charge in [-0.25, -0.2) is 19.7 Å². The number of nitrogens with one attached hydrogen (secondary N) is 2. The van der Waals surface area contributed by atoms with Crippen LogP contribution in [-0.4, -0.2) is 41.3 Å². The maximum absolute atomic E-state index is 11.8. The minimum atomic E-state index is -0.386. The van der Waals surface area contributed by atoms with Crippen LogP contribution in [0.15, 0.2) is 30.9 Å². The molecule has 0 unspecified atom stereocenters. The van der Waals surface area contributed by atoms with E-state index >= 15 is 0 Å². The quantitative estimate of drug-likeness (QED) is 0.645. The monoisotopic (exact) mass is 318 g/mol. The molecule has 0 aliphatic rings. The Kier molecular flexibility index (Phi) is 6.07. The largest absolute Gasteiger partial charge is 0.475 e. The lowest BCUT2D eigenvalue weighted by atomic mass is 10.3. The lowest BCUT2D eigenvalue weighted by Crippen LogP contribution is -2.28. The molecule has 0 spiro atoms. The van der Waals surface area contributed by atoms with E-state index < -0.39 is 0 Å². The first-order valence-electron chi connectivity index (χ1n) is 6.86. The van der Waals surface area contributed by atoms with Gasteiger partial charge in [-0.1, -0.05) is 0 Å². The molecule has 2 aromatic rings. The average Bonchev–Trinajstić information content (AvgIpc) is 2.56. The van der Waals surface area contributed by atoms with Crippen molar-refractivity contribution in [2.45, 2.75) is 6.54 Å². The van der Waals surface area contributed by atoms with E-state index in [0.29, 0.717) is 36.2 Å². The van der Waals surface area contributed by atoms with Gasteiger partial charge in [0.25, 0.3) is 0 Å². The summed E-state index contributed by atoms with van der Waals surface area (Å²) < 4.78 is 10.2. The topological polar surface area (TPSA) is 124 Å². The van der Waals surface area contributed by atoms with Crippen LogP contribution in [0.1, 0.15) is 5.56 Å². The second kappa shape index (κ2) is 8.49. The number of ether oxygens (including phenoxy) is 2. The maximum atomic E-state index is 11.8. The Hall–Kier alpha value is -2.94. The van der Waals surface area contributed by atoms with E-state index in [1.54, 1.807) is 25.4 Å². The summed E-state index contributed by atoms with van der Waals surface area (Å²) >= 11 is 0. The van der Waals surface area contributed by atoms with E-state index in [1.165, 1.54) is 12.5 Å². The molecule has 2 rings (SSSR count). The molecular weight excluding hydrogens is 300 g/mol. The zero-order chi connectivity index (χ0) is 16.5. The van der Waals surface area contributed by atoms with Crippen molar-refractivity contribution in [3.05, 3.63) is 36.4 Å². The molecule has 4 N–H and O–H groups in total. The molecule has 2 heterocycles. The van der Waals surface area contributed by atoms with Gasteiger partial charge in [0.05, 0.1) is 18.5 Å². The van der Waals surface area contributed by atoms with Gasteiger partial charge in [0.2, 0.25) is 5.88 Å². The third kappa shape index (κ3) is 5.40. The minimum Gasteiger partial charge on any atom is -0.475 e. The highest BCUT2D eigenvalue weighted by molar-refractivity contribution is 5.89. The summed E-state index contributed by atoms with van der Waals surface area (Å²) in [7, 11) is 1.59. The zero-order valence-electron chi connectivity index (χ0n) is 12.7. The number of anilines is 2. The number of nitrogens with zero attached hydrogens (tertiary/aromatic N) is 3. The van der Waals surface area contributed by atoms with Crippen molar-refractivity contribution in [3.63, 3.8) is 0 Å². The Bertz CT molecular complexity index is 635. The zero-order valence-corrected chi connectivity index (χ0v) is 12.7. The van der Waals surface area contributed by atoms with Crippen LogP contribution in [0.3, 0.4) is 0 Å². The van der Waals surface area contributed by atoms with Gasteiger partial charge in [0.15, 0.2) is 0 Å². The molecule has 0 radical (unpaired) electrons.